The first-order chi connectivity index (χ1) is 11.2. The van der Waals surface area contributed by atoms with Crippen LogP contribution in [0.3, 0.4) is 0 Å². The SMILES string of the molecule is CC1CCc2ccccc2N1C(=O)CSCc1ccccc1F. The molecule has 1 unspecified atom stereocenters. The summed E-state index contributed by atoms with van der Waals surface area (Å²) in [5.41, 5.74) is 2.91. The van der Waals surface area contributed by atoms with Crippen LogP contribution in [0.4, 0.5) is 10.1 Å². The lowest BCUT2D eigenvalue weighted by Gasteiger charge is -2.35. The van der Waals surface area contributed by atoms with E-state index in [9.17, 15) is 9.18 Å². The summed E-state index contributed by atoms with van der Waals surface area (Å²) in [6.45, 7) is 2.09. The Morgan fingerprint density at radius 1 is 1.22 bits per heavy atom. The van der Waals surface area contributed by atoms with Crippen LogP contribution in [0, 0.1) is 5.82 Å². The van der Waals surface area contributed by atoms with Crippen molar-refractivity contribution in [3.63, 3.8) is 0 Å². The number of aryl methyl sites for hydroxylation is 1. The van der Waals surface area contributed by atoms with Gasteiger partial charge in [-0.15, -0.1) is 11.8 Å². The van der Waals surface area contributed by atoms with E-state index in [0.29, 0.717) is 17.1 Å². The number of hydrogen-bond acceptors (Lipinski definition) is 2. The molecule has 0 saturated carbocycles. The molecular formula is C19H20FNOS. The first-order valence-electron chi connectivity index (χ1n) is 7.88. The largest absolute Gasteiger partial charge is 0.309 e. The van der Waals surface area contributed by atoms with Gasteiger partial charge in [-0.3, -0.25) is 4.79 Å². The van der Waals surface area contributed by atoms with Crippen LogP contribution in [0.1, 0.15) is 24.5 Å². The average molecular weight is 329 g/mol. The Morgan fingerprint density at radius 2 is 1.96 bits per heavy atom. The fourth-order valence-electron chi connectivity index (χ4n) is 3.00. The summed E-state index contributed by atoms with van der Waals surface area (Å²) in [7, 11) is 0. The van der Waals surface area contributed by atoms with Crippen molar-refractivity contribution >= 4 is 23.4 Å². The van der Waals surface area contributed by atoms with Gasteiger partial charge in [0.25, 0.3) is 0 Å². The van der Waals surface area contributed by atoms with Crippen molar-refractivity contribution in [1.29, 1.82) is 0 Å². The Balaban J connectivity index is 1.65. The Morgan fingerprint density at radius 3 is 2.78 bits per heavy atom. The van der Waals surface area contributed by atoms with E-state index in [1.807, 2.05) is 29.2 Å². The predicted molar refractivity (Wildman–Crippen MR) is 94.3 cm³/mol. The van der Waals surface area contributed by atoms with Crippen molar-refractivity contribution in [2.24, 2.45) is 0 Å². The molecule has 1 aliphatic heterocycles. The van der Waals surface area contributed by atoms with E-state index in [2.05, 4.69) is 13.0 Å². The molecule has 0 saturated heterocycles. The van der Waals surface area contributed by atoms with Crippen molar-refractivity contribution in [2.75, 3.05) is 10.7 Å². The van der Waals surface area contributed by atoms with E-state index < -0.39 is 0 Å². The number of fused-ring (bicyclic) bond motifs is 1. The molecule has 0 radical (unpaired) electrons. The van der Waals surface area contributed by atoms with E-state index >= 15 is 0 Å². The van der Waals surface area contributed by atoms with Crippen LogP contribution in [0.2, 0.25) is 0 Å². The topological polar surface area (TPSA) is 20.3 Å². The van der Waals surface area contributed by atoms with Gasteiger partial charge in [0.1, 0.15) is 5.82 Å². The lowest BCUT2D eigenvalue weighted by atomic mass is 9.97. The minimum atomic E-state index is -0.205. The zero-order valence-electron chi connectivity index (χ0n) is 13.2. The highest BCUT2D eigenvalue weighted by atomic mass is 32.2. The number of rotatable bonds is 4. The first kappa shape index (κ1) is 16.1. The van der Waals surface area contributed by atoms with Gasteiger partial charge >= 0.3 is 0 Å². The van der Waals surface area contributed by atoms with Gasteiger partial charge in [0.15, 0.2) is 0 Å². The van der Waals surface area contributed by atoms with E-state index in [0.717, 1.165) is 18.5 Å². The molecule has 4 heteroatoms. The van der Waals surface area contributed by atoms with Gasteiger partial charge in [-0.1, -0.05) is 36.4 Å². The number of thioether (sulfide) groups is 1. The number of para-hydroxylation sites is 1. The molecule has 0 aliphatic carbocycles. The summed E-state index contributed by atoms with van der Waals surface area (Å²) in [5.74, 6) is 0.782. The molecule has 2 nitrogen and oxygen atoms in total. The van der Waals surface area contributed by atoms with Crippen molar-refractivity contribution in [3.05, 3.63) is 65.5 Å². The lowest BCUT2D eigenvalue weighted by Crippen LogP contribution is -2.43. The molecule has 23 heavy (non-hydrogen) atoms. The second-order valence-electron chi connectivity index (χ2n) is 5.86. The minimum absolute atomic E-state index is 0.103. The number of nitrogens with zero attached hydrogens (tertiary/aromatic N) is 1. The quantitative estimate of drug-likeness (QED) is 0.827. The maximum Gasteiger partial charge on any atom is 0.237 e. The van der Waals surface area contributed by atoms with Crippen LogP contribution < -0.4 is 4.90 Å². The summed E-state index contributed by atoms with van der Waals surface area (Å²) in [6, 6.07) is 15.1. The molecule has 1 aliphatic rings. The van der Waals surface area contributed by atoms with E-state index in [1.165, 1.54) is 23.4 Å². The van der Waals surface area contributed by atoms with Crippen LogP contribution >= 0.6 is 11.8 Å². The van der Waals surface area contributed by atoms with Crippen LogP contribution in [-0.2, 0) is 17.0 Å². The van der Waals surface area contributed by atoms with Crippen molar-refractivity contribution in [3.8, 4) is 0 Å². The molecular weight excluding hydrogens is 309 g/mol. The number of amides is 1. The van der Waals surface area contributed by atoms with Crippen molar-refractivity contribution < 1.29 is 9.18 Å². The van der Waals surface area contributed by atoms with Gasteiger partial charge in [0, 0.05) is 17.5 Å². The maximum absolute atomic E-state index is 13.6. The molecule has 0 aromatic heterocycles. The number of benzene rings is 2. The monoisotopic (exact) mass is 329 g/mol. The third-order valence-corrected chi connectivity index (χ3v) is 5.20. The van der Waals surface area contributed by atoms with E-state index in [-0.39, 0.29) is 17.8 Å². The smallest absolute Gasteiger partial charge is 0.237 e. The number of anilines is 1. The lowest BCUT2D eigenvalue weighted by molar-refractivity contribution is -0.116. The summed E-state index contributed by atoms with van der Waals surface area (Å²) >= 11 is 1.47. The summed E-state index contributed by atoms with van der Waals surface area (Å²) in [6.07, 6.45) is 2.00. The molecule has 3 rings (SSSR count). The van der Waals surface area contributed by atoms with E-state index in [4.69, 9.17) is 0 Å². The van der Waals surface area contributed by atoms with Crippen molar-refractivity contribution in [1.82, 2.24) is 0 Å². The fraction of sp³-hybridized carbons (Fsp3) is 0.316. The fourth-order valence-corrected chi connectivity index (χ4v) is 3.87. The highest BCUT2D eigenvalue weighted by Gasteiger charge is 2.27. The number of carbonyl (C=O) groups excluding carboxylic acids is 1. The number of halogens is 1. The Hall–Kier alpha value is -1.81. The van der Waals surface area contributed by atoms with Gasteiger partial charge in [0.2, 0.25) is 5.91 Å². The predicted octanol–water partition coefficient (Wildman–Crippen LogP) is 4.43. The molecule has 1 atom stereocenters. The maximum atomic E-state index is 13.6. The Labute approximate surface area is 140 Å². The van der Waals surface area contributed by atoms with Gasteiger partial charge in [-0.2, -0.15) is 0 Å². The van der Waals surface area contributed by atoms with Gasteiger partial charge < -0.3 is 4.90 Å². The molecule has 0 spiro atoms. The van der Waals surface area contributed by atoms with Crippen LogP contribution in [0.15, 0.2) is 48.5 Å². The van der Waals surface area contributed by atoms with E-state index in [1.54, 1.807) is 12.1 Å². The van der Waals surface area contributed by atoms with Crippen LogP contribution in [-0.4, -0.2) is 17.7 Å². The molecule has 0 N–H and O–H groups in total. The second-order valence-corrected chi connectivity index (χ2v) is 6.85. The summed E-state index contributed by atoms with van der Waals surface area (Å²) < 4.78 is 13.6. The molecule has 120 valence electrons. The molecule has 0 bridgehead atoms. The molecule has 2 aromatic carbocycles. The first-order valence-corrected chi connectivity index (χ1v) is 9.03. The van der Waals surface area contributed by atoms with Crippen LogP contribution in [0.25, 0.3) is 0 Å². The summed E-state index contributed by atoms with van der Waals surface area (Å²) in [4.78, 5) is 14.6. The third kappa shape index (κ3) is 3.58. The van der Waals surface area contributed by atoms with Gasteiger partial charge in [-0.05, 0) is 43.0 Å². The molecule has 0 fully saturated rings. The number of hydrogen-bond donors (Lipinski definition) is 0. The zero-order valence-corrected chi connectivity index (χ0v) is 14.0. The Kier molecular flexibility index (Phi) is 5.01. The summed E-state index contributed by atoms with van der Waals surface area (Å²) in [5, 5.41) is 0. The van der Waals surface area contributed by atoms with Crippen LogP contribution in [0.5, 0.6) is 0 Å². The van der Waals surface area contributed by atoms with Crippen molar-refractivity contribution in [2.45, 2.75) is 31.6 Å². The average Bonchev–Trinajstić information content (AvgIpc) is 2.56. The molecule has 2 aromatic rings. The third-order valence-electron chi connectivity index (χ3n) is 4.23. The molecule has 1 heterocycles. The second kappa shape index (κ2) is 7.18. The van der Waals surface area contributed by atoms with Gasteiger partial charge in [0.05, 0.1) is 5.75 Å². The van der Waals surface area contributed by atoms with Gasteiger partial charge in [-0.25, -0.2) is 4.39 Å². The Bertz CT molecular complexity index is 703. The highest BCUT2D eigenvalue weighted by molar-refractivity contribution is 7.99. The number of carbonyl (C=O) groups is 1. The minimum Gasteiger partial charge on any atom is -0.309 e. The zero-order chi connectivity index (χ0) is 16.2. The normalized spacial score (nSPS) is 17.0. The molecule has 1 amide bonds. The standard InChI is InChI=1S/C19H20FNOS/c1-14-10-11-15-6-3-5-9-18(15)21(14)19(22)13-23-12-16-7-2-4-8-17(16)20/h2-9,14H,10-13H2,1H3. The highest BCUT2D eigenvalue weighted by Crippen LogP contribution is 2.31.